The Kier molecular flexibility index (Phi) is 5.33. The van der Waals surface area contributed by atoms with Gasteiger partial charge in [0.2, 0.25) is 0 Å². The van der Waals surface area contributed by atoms with Crippen molar-refractivity contribution in [3.63, 3.8) is 0 Å². The zero-order valence-electron chi connectivity index (χ0n) is 12.6. The molecule has 0 bridgehead atoms. The highest BCUT2D eigenvalue weighted by atomic mass is 14.4. The first kappa shape index (κ1) is 14.2. The molecule has 0 heterocycles. The van der Waals surface area contributed by atoms with E-state index in [1.54, 1.807) is 0 Å². The molecule has 0 nitrogen and oxygen atoms in total. The van der Waals surface area contributed by atoms with Crippen molar-refractivity contribution in [2.24, 2.45) is 23.7 Å². The molecule has 0 saturated heterocycles. The average Bonchev–Trinajstić information content (AvgIpc) is 2.38. The van der Waals surface area contributed by atoms with E-state index in [1.807, 2.05) is 0 Å². The van der Waals surface area contributed by atoms with Gasteiger partial charge in [0.05, 0.1) is 0 Å². The molecule has 3 unspecified atom stereocenters. The van der Waals surface area contributed by atoms with Gasteiger partial charge in [-0.05, 0) is 68.6 Å². The highest BCUT2D eigenvalue weighted by Gasteiger charge is 2.32. The van der Waals surface area contributed by atoms with Crippen LogP contribution < -0.4 is 0 Å². The molecule has 0 aromatic rings. The Morgan fingerprint density at radius 1 is 1.06 bits per heavy atom. The van der Waals surface area contributed by atoms with Gasteiger partial charge in [-0.3, -0.25) is 0 Å². The Bertz CT molecular complexity index is 255. The normalized spacial score (nSPS) is 34.8. The van der Waals surface area contributed by atoms with Crippen LogP contribution >= 0.6 is 0 Å². The Hall–Kier alpha value is -0.260. The minimum absolute atomic E-state index is 0.987. The monoisotopic (exact) mass is 248 g/mol. The lowest BCUT2D eigenvalue weighted by Crippen LogP contribution is -2.28. The van der Waals surface area contributed by atoms with E-state index in [9.17, 15) is 0 Å². The lowest BCUT2D eigenvalue weighted by atomic mass is 9.66. The summed E-state index contributed by atoms with van der Waals surface area (Å²) in [6.45, 7) is 9.00. The fraction of sp³-hybridized carbons (Fsp3) is 0.889. The number of hydrogen-bond acceptors (Lipinski definition) is 0. The summed E-state index contributed by atoms with van der Waals surface area (Å²) < 4.78 is 0. The van der Waals surface area contributed by atoms with Crippen LogP contribution in [0.15, 0.2) is 12.2 Å². The second kappa shape index (κ2) is 6.78. The quantitative estimate of drug-likeness (QED) is 0.537. The SMILES string of the molecule is C=C1CCC(C2CCC(CCCC)C(C)C2)CC1. The molecular weight excluding hydrogens is 216 g/mol. The van der Waals surface area contributed by atoms with Crippen LogP contribution in [0, 0.1) is 23.7 Å². The third-order valence-corrected chi connectivity index (χ3v) is 5.72. The molecule has 2 rings (SSSR count). The summed E-state index contributed by atoms with van der Waals surface area (Å²) >= 11 is 0. The highest BCUT2D eigenvalue weighted by molar-refractivity contribution is 4.99. The lowest BCUT2D eigenvalue weighted by molar-refractivity contribution is 0.124. The molecule has 3 atom stereocenters. The molecule has 104 valence electrons. The van der Waals surface area contributed by atoms with Crippen molar-refractivity contribution in [2.45, 2.75) is 78.1 Å². The Morgan fingerprint density at radius 2 is 1.78 bits per heavy atom. The maximum atomic E-state index is 4.15. The van der Waals surface area contributed by atoms with Crippen LogP contribution in [0.25, 0.3) is 0 Å². The third-order valence-electron chi connectivity index (χ3n) is 5.72. The fourth-order valence-corrected chi connectivity index (χ4v) is 4.34. The van der Waals surface area contributed by atoms with Gasteiger partial charge in [0, 0.05) is 0 Å². The van der Waals surface area contributed by atoms with E-state index in [0.29, 0.717) is 0 Å². The minimum Gasteiger partial charge on any atom is -0.0999 e. The van der Waals surface area contributed by atoms with Gasteiger partial charge >= 0.3 is 0 Å². The molecule has 0 amide bonds. The maximum absolute atomic E-state index is 4.15. The lowest BCUT2D eigenvalue weighted by Gasteiger charge is -2.40. The van der Waals surface area contributed by atoms with Crippen LogP contribution in [0.3, 0.4) is 0 Å². The molecule has 0 aromatic carbocycles. The number of unbranched alkanes of at least 4 members (excludes halogenated alkanes) is 1. The van der Waals surface area contributed by atoms with E-state index in [-0.39, 0.29) is 0 Å². The molecular formula is C18H32. The van der Waals surface area contributed by atoms with Gasteiger partial charge < -0.3 is 0 Å². The topological polar surface area (TPSA) is 0 Å². The van der Waals surface area contributed by atoms with E-state index in [2.05, 4.69) is 20.4 Å². The summed E-state index contributed by atoms with van der Waals surface area (Å²) in [4.78, 5) is 0. The van der Waals surface area contributed by atoms with Crippen LogP contribution in [-0.4, -0.2) is 0 Å². The fourth-order valence-electron chi connectivity index (χ4n) is 4.34. The van der Waals surface area contributed by atoms with E-state index in [1.165, 1.54) is 69.8 Å². The molecule has 2 aliphatic rings. The van der Waals surface area contributed by atoms with Crippen molar-refractivity contribution < 1.29 is 0 Å². The highest BCUT2D eigenvalue weighted by Crippen LogP contribution is 2.44. The van der Waals surface area contributed by atoms with Crippen molar-refractivity contribution in [1.29, 1.82) is 0 Å². The van der Waals surface area contributed by atoms with Gasteiger partial charge in [0.15, 0.2) is 0 Å². The first-order chi connectivity index (χ1) is 8.70. The van der Waals surface area contributed by atoms with Gasteiger partial charge in [-0.2, -0.15) is 0 Å². The van der Waals surface area contributed by atoms with Gasteiger partial charge in [-0.25, -0.2) is 0 Å². The zero-order chi connectivity index (χ0) is 13.0. The Morgan fingerprint density at radius 3 is 2.39 bits per heavy atom. The number of allylic oxidation sites excluding steroid dienone is 1. The molecule has 0 radical (unpaired) electrons. The first-order valence-corrected chi connectivity index (χ1v) is 8.37. The summed E-state index contributed by atoms with van der Waals surface area (Å²) in [5.41, 5.74) is 1.51. The summed E-state index contributed by atoms with van der Waals surface area (Å²) in [6.07, 6.45) is 14.4. The van der Waals surface area contributed by atoms with Crippen LogP contribution in [0.4, 0.5) is 0 Å². The summed E-state index contributed by atoms with van der Waals surface area (Å²) in [5.74, 6) is 4.11. The molecule has 0 aromatic heterocycles. The van der Waals surface area contributed by atoms with Gasteiger partial charge in [-0.15, -0.1) is 0 Å². The molecule has 0 heteroatoms. The average molecular weight is 248 g/mol. The molecule has 0 N–H and O–H groups in total. The van der Waals surface area contributed by atoms with E-state index in [0.717, 1.165) is 23.7 Å². The number of rotatable bonds is 4. The van der Waals surface area contributed by atoms with E-state index >= 15 is 0 Å². The van der Waals surface area contributed by atoms with Crippen LogP contribution in [0.2, 0.25) is 0 Å². The molecule has 2 aliphatic carbocycles. The Labute approximate surface area is 114 Å². The summed E-state index contributed by atoms with van der Waals surface area (Å²) in [5, 5.41) is 0. The molecule has 0 aliphatic heterocycles. The van der Waals surface area contributed by atoms with Gasteiger partial charge in [-0.1, -0.05) is 45.3 Å². The van der Waals surface area contributed by atoms with Crippen LogP contribution in [0.1, 0.15) is 78.1 Å². The van der Waals surface area contributed by atoms with Crippen molar-refractivity contribution in [3.05, 3.63) is 12.2 Å². The molecule has 2 fully saturated rings. The van der Waals surface area contributed by atoms with Gasteiger partial charge in [0.25, 0.3) is 0 Å². The van der Waals surface area contributed by atoms with Crippen LogP contribution in [0.5, 0.6) is 0 Å². The maximum Gasteiger partial charge on any atom is -0.0320 e. The number of hydrogen-bond donors (Lipinski definition) is 0. The second-order valence-corrected chi connectivity index (χ2v) is 7.04. The smallest absolute Gasteiger partial charge is 0.0320 e. The van der Waals surface area contributed by atoms with Gasteiger partial charge in [0.1, 0.15) is 0 Å². The van der Waals surface area contributed by atoms with Crippen molar-refractivity contribution in [2.75, 3.05) is 0 Å². The van der Waals surface area contributed by atoms with Crippen molar-refractivity contribution in [3.8, 4) is 0 Å². The molecule has 18 heavy (non-hydrogen) atoms. The van der Waals surface area contributed by atoms with E-state index < -0.39 is 0 Å². The van der Waals surface area contributed by atoms with Crippen LogP contribution in [-0.2, 0) is 0 Å². The predicted molar refractivity (Wildman–Crippen MR) is 80.6 cm³/mol. The second-order valence-electron chi connectivity index (χ2n) is 7.04. The Balaban J connectivity index is 1.78. The van der Waals surface area contributed by atoms with Crippen molar-refractivity contribution in [1.82, 2.24) is 0 Å². The molecule has 0 spiro atoms. The largest absolute Gasteiger partial charge is 0.0999 e. The standard InChI is InChI=1S/C18H32/c1-4-5-6-16-11-12-18(13-15(16)3)17-9-7-14(2)8-10-17/h15-18H,2,4-13H2,1,3H3. The first-order valence-electron chi connectivity index (χ1n) is 8.37. The summed E-state index contributed by atoms with van der Waals surface area (Å²) in [6, 6.07) is 0. The minimum atomic E-state index is 0.987. The summed E-state index contributed by atoms with van der Waals surface area (Å²) in [7, 11) is 0. The van der Waals surface area contributed by atoms with E-state index in [4.69, 9.17) is 0 Å². The van der Waals surface area contributed by atoms with Crippen molar-refractivity contribution >= 4 is 0 Å². The predicted octanol–water partition coefficient (Wildman–Crippen LogP) is 5.98. The third kappa shape index (κ3) is 3.62. The zero-order valence-corrected chi connectivity index (χ0v) is 12.6. The molecule has 2 saturated carbocycles.